The number of aliphatic hydroxyl groups is 1. The van der Waals surface area contributed by atoms with Crippen LogP contribution >= 0.6 is 0 Å². The van der Waals surface area contributed by atoms with Gasteiger partial charge < -0.3 is 5.11 Å². The highest BCUT2D eigenvalue weighted by molar-refractivity contribution is 5.28. The van der Waals surface area contributed by atoms with Gasteiger partial charge in [0.05, 0.1) is 0 Å². The van der Waals surface area contributed by atoms with Gasteiger partial charge in [-0.3, -0.25) is 0 Å². The Hall–Kier alpha value is -0.890. The second-order valence-corrected chi connectivity index (χ2v) is 3.30. The van der Waals surface area contributed by atoms with Gasteiger partial charge in [-0.25, -0.2) is 4.39 Å². The number of aryl methyl sites for hydroxylation is 1. The van der Waals surface area contributed by atoms with Crippen LogP contribution in [0.5, 0.6) is 0 Å². The summed E-state index contributed by atoms with van der Waals surface area (Å²) in [6.07, 6.45) is 2.86. The molecule has 0 fully saturated rings. The Labute approximate surface area is 92.0 Å². The number of aliphatic hydroxyl groups excluding tert-OH is 1. The van der Waals surface area contributed by atoms with E-state index in [1.165, 1.54) is 11.6 Å². The van der Waals surface area contributed by atoms with Gasteiger partial charge in [-0.2, -0.15) is 0 Å². The second-order valence-electron chi connectivity index (χ2n) is 3.30. The highest BCUT2D eigenvalue weighted by Crippen LogP contribution is 2.15. The molecular weight excluding hydrogens is 191 g/mol. The highest BCUT2D eigenvalue weighted by atomic mass is 19.1. The summed E-state index contributed by atoms with van der Waals surface area (Å²) in [6, 6.07) is 5.35. The first-order valence-corrected chi connectivity index (χ1v) is 5.58. The molecule has 0 saturated heterocycles. The molecule has 0 aliphatic rings. The Kier molecular flexibility index (Phi) is 7.92. The van der Waals surface area contributed by atoms with Gasteiger partial charge in [0.2, 0.25) is 0 Å². The largest absolute Gasteiger partial charge is 0.397 e. The maximum Gasteiger partial charge on any atom is 0.126 e. The van der Waals surface area contributed by atoms with Crippen LogP contribution in [0.25, 0.3) is 0 Å². The summed E-state index contributed by atoms with van der Waals surface area (Å²) >= 11 is 0. The minimum Gasteiger partial charge on any atom is -0.397 e. The fourth-order valence-corrected chi connectivity index (χ4v) is 1.50. The van der Waals surface area contributed by atoms with Gasteiger partial charge in [-0.1, -0.05) is 32.4 Å². The van der Waals surface area contributed by atoms with Crippen molar-refractivity contribution in [3.63, 3.8) is 0 Å². The molecule has 2 heteroatoms. The molecule has 1 aromatic rings. The SMILES string of the molecule is CCCc1cccc(F)c1CC.CCO. The average Bonchev–Trinajstić information content (AvgIpc) is 2.20. The fourth-order valence-electron chi connectivity index (χ4n) is 1.50. The van der Waals surface area contributed by atoms with Crippen molar-refractivity contribution >= 4 is 0 Å². The molecule has 0 atom stereocenters. The van der Waals surface area contributed by atoms with Gasteiger partial charge >= 0.3 is 0 Å². The van der Waals surface area contributed by atoms with Crippen LogP contribution in [0.1, 0.15) is 38.3 Å². The Morgan fingerprint density at radius 3 is 2.27 bits per heavy atom. The molecular formula is C13H21FO. The average molecular weight is 212 g/mol. The number of benzene rings is 1. The van der Waals surface area contributed by atoms with Crippen molar-refractivity contribution in [1.29, 1.82) is 0 Å². The molecule has 0 spiro atoms. The van der Waals surface area contributed by atoms with E-state index in [0.717, 1.165) is 24.8 Å². The van der Waals surface area contributed by atoms with Crippen LogP contribution in [0.4, 0.5) is 4.39 Å². The fraction of sp³-hybridized carbons (Fsp3) is 0.538. The van der Waals surface area contributed by atoms with E-state index in [4.69, 9.17) is 5.11 Å². The smallest absolute Gasteiger partial charge is 0.126 e. The van der Waals surface area contributed by atoms with Crippen LogP contribution in [-0.2, 0) is 12.8 Å². The number of rotatable bonds is 3. The van der Waals surface area contributed by atoms with E-state index in [-0.39, 0.29) is 12.4 Å². The maximum absolute atomic E-state index is 13.2. The van der Waals surface area contributed by atoms with Crippen molar-refractivity contribution in [2.24, 2.45) is 0 Å². The molecule has 0 aliphatic carbocycles. The summed E-state index contributed by atoms with van der Waals surface area (Å²) < 4.78 is 13.2. The molecule has 0 unspecified atom stereocenters. The predicted molar refractivity (Wildman–Crippen MR) is 62.5 cm³/mol. The maximum atomic E-state index is 13.2. The molecule has 0 saturated carbocycles. The molecule has 0 amide bonds. The van der Waals surface area contributed by atoms with Crippen LogP contribution < -0.4 is 0 Å². The van der Waals surface area contributed by atoms with Crippen molar-refractivity contribution in [2.45, 2.75) is 40.0 Å². The number of hydrogen-bond donors (Lipinski definition) is 1. The zero-order valence-electron chi connectivity index (χ0n) is 9.89. The highest BCUT2D eigenvalue weighted by Gasteiger charge is 2.04. The van der Waals surface area contributed by atoms with Crippen molar-refractivity contribution in [1.82, 2.24) is 0 Å². The van der Waals surface area contributed by atoms with E-state index in [0.29, 0.717) is 0 Å². The summed E-state index contributed by atoms with van der Waals surface area (Å²) in [5.74, 6) is -0.0524. The van der Waals surface area contributed by atoms with E-state index >= 15 is 0 Å². The summed E-state index contributed by atoms with van der Waals surface area (Å²) in [5, 5.41) is 7.57. The minimum atomic E-state index is -0.0524. The molecule has 1 aromatic carbocycles. The van der Waals surface area contributed by atoms with E-state index < -0.39 is 0 Å². The van der Waals surface area contributed by atoms with E-state index in [9.17, 15) is 4.39 Å². The van der Waals surface area contributed by atoms with E-state index in [1.807, 2.05) is 13.0 Å². The lowest BCUT2D eigenvalue weighted by Gasteiger charge is -2.06. The monoisotopic (exact) mass is 212 g/mol. The predicted octanol–water partition coefficient (Wildman–Crippen LogP) is 3.34. The van der Waals surface area contributed by atoms with Crippen LogP contribution in [0.3, 0.4) is 0 Å². The Balaban J connectivity index is 0.000000583. The van der Waals surface area contributed by atoms with Gasteiger partial charge in [0.25, 0.3) is 0 Å². The first kappa shape index (κ1) is 14.1. The zero-order valence-corrected chi connectivity index (χ0v) is 9.89. The normalized spacial score (nSPS) is 9.40. The molecule has 1 rings (SSSR count). The zero-order chi connectivity index (χ0) is 11.7. The third-order valence-electron chi connectivity index (χ3n) is 2.09. The first-order chi connectivity index (χ1) is 7.21. The van der Waals surface area contributed by atoms with Gasteiger partial charge in [-0.05, 0) is 37.0 Å². The molecule has 0 aliphatic heterocycles. The lowest BCUT2D eigenvalue weighted by atomic mass is 10.0. The molecule has 86 valence electrons. The van der Waals surface area contributed by atoms with E-state index in [1.54, 1.807) is 13.0 Å². The number of halogens is 1. The van der Waals surface area contributed by atoms with Gasteiger partial charge in [0.1, 0.15) is 5.82 Å². The van der Waals surface area contributed by atoms with Crippen LogP contribution in [0, 0.1) is 5.82 Å². The molecule has 0 bridgehead atoms. The molecule has 0 aromatic heterocycles. The summed E-state index contributed by atoms with van der Waals surface area (Å²) in [7, 11) is 0. The first-order valence-electron chi connectivity index (χ1n) is 5.58. The van der Waals surface area contributed by atoms with Crippen molar-refractivity contribution in [3.8, 4) is 0 Å². The van der Waals surface area contributed by atoms with Gasteiger partial charge in [0.15, 0.2) is 0 Å². The molecule has 0 radical (unpaired) electrons. The summed E-state index contributed by atoms with van der Waals surface area (Å²) in [5.41, 5.74) is 2.05. The van der Waals surface area contributed by atoms with Gasteiger partial charge in [0, 0.05) is 6.61 Å². The summed E-state index contributed by atoms with van der Waals surface area (Å²) in [4.78, 5) is 0. The minimum absolute atomic E-state index is 0.0524. The van der Waals surface area contributed by atoms with Gasteiger partial charge in [-0.15, -0.1) is 0 Å². The molecule has 15 heavy (non-hydrogen) atoms. The van der Waals surface area contributed by atoms with Crippen molar-refractivity contribution < 1.29 is 9.50 Å². The lowest BCUT2D eigenvalue weighted by Crippen LogP contribution is -1.95. The number of hydrogen-bond acceptors (Lipinski definition) is 1. The Bertz CT molecular complexity index is 271. The standard InChI is InChI=1S/C11H15F.C2H6O/c1-3-6-9-7-5-8-11(12)10(9)4-2;1-2-3/h5,7-8H,3-4,6H2,1-2H3;3H,2H2,1H3. The molecule has 1 N–H and O–H groups in total. The molecule has 1 nitrogen and oxygen atoms in total. The van der Waals surface area contributed by atoms with Crippen molar-refractivity contribution in [3.05, 3.63) is 35.1 Å². The van der Waals surface area contributed by atoms with Crippen LogP contribution in [0.2, 0.25) is 0 Å². The molecule has 0 heterocycles. The third kappa shape index (κ3) is 4.93. The quantitative estimate of drug-likeness (QED) is 0.814. The van der Waals surface area contributed by atoms with Crippen LogP contribution in [0.15, 0.2) is 18.2 Å². The van der Waals surface area contributed by atoms with E-state index in [2.05, 4.69) is 6.92 Å². The van der Waals surface area contributed by atoms with Crippen molar-refractivity contribution in [2.75, 3.05) is 6.61 Å². The third-order valence-corrected chi connectivity index (χ3v) is 2.09. The van der Waals surface area contributed by atoms with Crippen LogP contribution in [-0.4, -0.2) is 11.7 Å². The second kappa shape index (κ2) is 8.42. The summed E-state index contributed by atoms with van der Waals surface area (Å²) in [6.45, 7) is 6.04. The topological polar surface area (TPSA) is 20.2 Å². The lowest BCUT2D eigenvalue weighted by molar-refractivity contribution is 0.318. The Morgan fingerprint density at radius 1 is 1.20 bits per heavy atom. The Morgan fingerprint density at radius 2 is 1.80 bits per heavy atom.